The van der Waals surface area contributed by atoms with E-state index in [0.717, 1.165) is 35.7 Å². The smallest absolute Gasteiger partial charge is 0.289 e. The van der Waals surface area contributed by atoms with Gasteiger partial charge in [0.2, 0.25) is 0 Å². The summed E-state index contributed by atoms with van der Waals surface area (Å²) < 4.78 is 7.41. The van der Waals surface area contributed by atoms with Gasteiger partial charge in [0.15, 0.2) is 5.76 Å². The molecule has 1 saturated heterocycles. The summed E-state index contributed by atoms with van der Waals surface area (Å²) >= 11 is 1.58. The Morgan fingerprint density at radius 1 is 1.48 bits per heavy atom. The van der Waals surface area contributed by atoms with Crippen molar-refractivity contribution in [1.82, 2.24) is 14.5 Å². The summed E-state index contributed by atoms with van der Waals surface area (Å²) in [6, 6.07) is 5.59. The van der Waals surface area contributed by atoms with Crippen LogP contribution in [0.5, 0.6) is 0 Å². The Labute approximate surface area is 161 Å². The van der Waals surface area contributed by atoms with Gasteiger partial charge in [0.25, 0.3) is 5.91 Å². The monoisotopic (exact) mass is 381 g/mol. The molecule has 27 heavy (non-hydrogen) atoms. The molecule has 0 bridgehead atoms. The number of carbonyl (C=O) groups is 1. The molecular weight excluding hydrogens is 362 g/mol. The standard InChI is InChI=1S/C20H19N3O3S/c24-10-2-4-15-12-18(27-14-15)19-21-7-9-23(19)16-5-1-8-22(13-16)20(25)17-6-3-11-26-17/h3,6-7,9,11-12,14,16,24H,1,5,8,10,13H2/t16-/m0/s1. The number of imidazole rings is 1. The zero-order valence-electron chi connectivity index (χ0n) is 14.7. The molecule has 0 saturated carbocycles. The summed E-state index contributed by atoms with van der Waals surface area (Å²) in [5.74, 6) is 6.79. The molecule has 1 atom stereocenters. The molecule has 3 aromatic rings. The van der Waals surface area contributed by atoms with Crippen LogP contribution in [-0.2, 0) is 0 Å². The lowest BCUT2D eigenvalue weighted by molar-refractivity contribution is 0.0648. The summed E-state index contributed by atoms with van der Waals surface area (Å²) in [5, 5.41) is 10.8. The zero-order valence-corrected chi connectivity index (χ0v) is 15.5. The van der Waals surface area contributed by atoms with Crippen molar-refractivity contribution >= 4 is 17.2 Å². The Kier molecular flexibility index (Phi) is 5.10. The third-order valence-corrected chi connectivity index (χ3v) is 5.54. The number of aromatic nitrogens is 2. The van der Waals surface area contributed by atoms with Gasteiger partial charge < -0.3 is 19.0 Å². The number of hydrogen-bond donors (Lipinski definition) is 1. The number of aliphatic hydroxyl groups is 1. The van der Waals surface area contributed by atoms with Crippen LogP contribution in [0.4, 0.5) is 0 Å². The molecule has 0 spiro atoms. The molecule has 138 valence electrons. The maximum absolute atomic E-state index is 12.6. The lowest BCUT2D eigenvalue weighted by Crippen LogP contribution is -2.40. The molecule has 4 heterocycles. The quantitative estimate of drug-likeness (QED) is 0.708. The Morgan fingerprint density at radius 2 is 2.41 bits per heavy atom. The summed E-state index contributed by atoms with van der Waals surface area (Å²) in [6.45, 7) is 1.22. The maximum Gasteiger partial charge on any atom is 0.289 e. The largest absolute Gasteiger partial charge is 0.459 e. The Balaban J connectivity index is 1.55. The van der Waals surface area contributed by atoms with Crippen molar-refractivity contribution in [2.45, 2.75) is 18.9 Å². The first kappa shape index (κ1) is 17.6. The van der Waals surface area contributed by atoms with E-state index in [2.05, 4.69) is 21.4 Å². The Bertz CT molecular complexity index is 978. The van der Waals surface area contributed by atoms with Crippen molar-refractivity contribution in [3.63, 3.8) is 0 Å². The minimum atomic E-state index is -0.151. The summed E-state index contributed by atoms with van der Waals surface area (Å²) in [6.07, 6.45) is 7.22. The van der Waals surface area contributed by atoms with Gasteiger partial charge >= 0.3 is 0 Å². The van der Waals surface area contributed by atoms with E-state index in [1.807, 2.05) is 22.5 Å². The van der Waals surface area contributed by atoms with Gasteiger partial charge in [-0.15, -0.1) is 11.3 Å². The molecule has 6 nitrogen and oxygen atoms in total. The van der Waals surface area contributed by atoms with Gasteiger partial charge in [0.1, 0.15) is 12.4 Å². The fourth-order valence-electron chi connectivity index (χ4n) is 3.38. The van der Waals surface area contributed by atoms with Gasteiger partial charge in [-0.05, 0) is 31.0 Å². The van der Waals surface area contributed by atoms with Crippen LogP contribution in [-0.4, -0.2) is 45.2 Å². The van der Waals surface area contributed by atoms with Crippen molar-refractivity contribution in [2.75, 3.05) is 19.7 Å². The molecule has 0 unspecified atom stereocenters. The lowest BCUT2D eigenvalue weighted by Gasteiger charge is -2.33. The molecule has 7 heteroatoms. The number of aliphatic hydroxyl groups excluding tert-OH is 1. The molecule has 0 radical (unpaired) electrons. The fraction of sp³-hybridized carbons (Fsp3) is 0.300. The number of piperidine rings is 1. The van der Waals surface area contributed by atoms with Crippen LogP contribution in [0.15, 0.2) is 46.7 Å². The molecule has 0 aromatic carbocycles. The maximum atomic E-state index is 12.6. The van der Waals surface area contributed by atoms with Crippen LogP contribution in [0.1, 0.15) is 35.0 Å². The average molecular weight is 381 g/mol. The summed E-state index contributed by atoms with van der Waals surface area (Å²) in [7, 11) is 0. The normalized spacial score (nSPS) is 16.8. The molecule has 1 aliphatic heterocycles. The topological polar surface area (TPSA) is 71.5 Å². The first-order valence-corrected chi connectivity index (χ1v) is 9.68. The third-order valence-electron chi connectivity index (χ3n) is 4.61. The number of rotatable bonds is 3. The van der Waals surface area contributed by atoms with Gasteiger partial charge in [-0.3, -0.25) is 4.79 Å². The number of amides is 1. The number of nitrogens with zero attached hydrogens (tertiary/aromatic N) is 3. The van der Waals surface area contributed by atoms with Crippen LogP contribution >= 0.6 is 11.3 Å². The summed E-state index contributed by atoms with van der Waals surface area (Å²) in [5.41, 5.74) is 0.872. The van der Waals surface area contributed by atoms with Crippen molar-refractivity contribution < 1.29 is 14.3 Å². The van der Waals surface area contributed by atoms with Crippen molar-refractivity contribution in [2.24, 2.45) is 0 Å². The number of likely N-dealkylation sites (tertiary alicyclic amines) is 1. The van der Waals surface area contributed by atoms with E-state index >= 15 is 0 Å². The van der Waals surface area contributed by atoms with Crippen LogP contribution < -0.4 is 0 Å². The first-order chi connectivity index (χ1) is 13.3. The molecule has 1 amide bonds. The van der Waals surface area contributed by atoms with Crippen LogP contribution in [0.25, 0.3) is 10.7 Å². The Morgan fingerprint density at radius 3 is 3.22 bits per heavy atom. The second-order valence-electron chi connectivity index (χ2n) is 6.34. The van der Waals surface area contributed by atoms with Crippen LogP contribution in [0, 0.1) is 11.8 Å². The number of furan rings is 1. The van der Waals surface area contributed by atoms with E-state index in [1.165, 1.54) is 6.26 Å². The molecule has 1 N–H and O–H groups in total. The minimum absolute atomic E-state index is 0.0657. The lowest BCUT2D eigenvalue weighted by atomic mass is 10.0. The number of thiophene rings is 1. The van der Waals surface area contributed by atoms with Crippen molar-refractivity contribution in [3.05, 3.63) is 53.6 Å². The predicted molar refractivity (Wildman–Crippen MR) is 102 cm³/mol. The highest BCUT2D eigenvalue weighted by Gasteiger charge is 2.28. The SMILES string of the molecule is O=C(c1ccco1)N1CCC[C@H](n2ccnc2-c2cc(C#CCO)cs2)C1. The highest BCUT2D eigenvalue weighted by Crippen LogP contribution is 2.31. The van der Waals surface area contributed by atoms with E-state index < -0.39 is 0 Å². The second-order valence-corrected chi connectivity index (χ2v) is 7.25. The molecule has 4 rings (SSSR count). The molecular formula is C20H19N3O3S. The van der Waals surface area contributed by atoms with Crippen molar-refractivity contribution in [3.8, 4) is 22.5 Å². The van der Waals surface area contributed by atoms with Crippen molar-refractivity contribution in [1.29, 1.82) is 0 Å². The highest BCUT2D eigenvalue weighted by atomic mass is 32.1. The van der Waals surface area contributed by atoms with E-state index in [-0.39, 0.29) is 18.6 Å². The average Bonchev–Trinajstić information content (AvgIpc) is 3.46. The molecule has 1 aliphatic rings. The van der Waals surface area contributed by atoms with E-state index in [4.69, 9.17) is 9.52 Å². The third kappa shape index (κ3) is 3.68. The van der Waals surface area contributed by atoms with E-state index in [1.54, 1.807) is 29.7 Å². The van der Waals surface area contributed by atoms with E-state index in [9.17, 15) is 4.79 Å². The van der Waals surface area contributed by atoms with E-state index in [0.29, 0.717) is 12.3 Å². The van der Waals surface area contributed by atoms with Gasteiger partial charge in [0.05, 0.1) is 17.2 Å². The van der Waals surface area contributed by atoms with Gasteiger partial charge in [-0.1, -0.05) is 11.8 Å². The van der Waals surface area contributed by atoms with Gasteiger partial charge in [-0.25, -0.2) is 4.98 Å². The van der Waals surface area contributed by atoms with Gasteiger partial charge in [-0.2, -0.15) is 0 Å². The van der Waals surface area contributed by atoms with Gasteiger partial charge in [0, 0.05) is 36.4 Å². The highest BCUT2D eigenvalue weighted by molar-refractivity contribution is 7.13. The van der Waals surface area contributed by atoms with Crippen LogP contribution in [0.3, 0.4) is 0 Å². The fourth-order valence-corrected chi connectivity index (χ4v) is 4.22. The number of hydrogen-bond acceptors (Lipinski definition) is 5. The molecule has 0 aliphatic carbocycles. The molecule has 3 aromatic heterocycles. The predicted octanol–water partition coefficient (Wildman–Crippen LogP) is 3.03. The number of carbonyl (C=O) groups excluding carboxylic acids is 1. The first-order valence-electron chi connectivity index (χ1n) is 8.80. The minimum Gasteiger partial charge on any atom is -0.459 e. The second kappa shape index (κ2) is 7.82. The van der Waals surface area contributed by atoms with Crippen LogP contribution in [0.2, 0.25) is 0 Å². The molecule has 1 fully saturated rings. The zero-order chi connectivity index (χ0) is 18.6. The Hall–Kier alpha value is -2.82. The summed E-state index contributed by atoms with van der Waals surface area (Å²) in [4.78, 5) is 20.0.